The lowest BCUT2D eigenvalue weighted by molar-refractivity contribution is -0.132. The second kappa shape index (κ2) is 3.48. The van der Waals surface area contributed by atoms with E-state index in [1.807, 2.05) is 0 Å². The van der Waals surface area contributed by atoms with Crippen LogP contribution in [0.1, 0.15) is 6.92 Å². The third kappa shape index (κ3) is 2.67. The van der Waals surface area contributed by atoms with Crippen LogP contribution in [0.25, 0.3) is 0 Å². The summed E-state index contributed by atoms with van der Waals surface area (Å²) in [5.41, 5.74) is 0. The number of aromatic nitrogens is 1. The predicted molar refractivity (Wildman–Crippen MR) is 43.2 cm³/mol. The van der Waals surface area contributed by atoms with Crippen LogP contribution >= 0.6 is 15.9 Å². The van der Waals surface area contributed by atoms with Crippen LogP contribution < -0.4 is 4.74 Å². The van der Waals surface area contributed by atoms with E-state index in [-0.39, 0.29) is 5.97 Å². The van der Waals surface area contributed by atoms with Gasteiger partial charge in [-0.2, -0.15) is 0 Å². The molecule has 1 rings (SSSR count). The topological polar surface area (TPSA) is 39.2 Å². The average molecular weight is 216 g/mol. The molecule has 0 aliphatic carbocycles. The zero-order valence-corrected chi connectivity index (χ0v) is 7.46. The van der Waals surface area contributed by atoms with Crippen LogP contribution in [0.4, 0.5) is 0 Å². The summed E-state index contributed by atoms with van der Waals surface area (Å²) in [6.07, 6.45) is 1.57. The first-order chi connectivity index (χ1) is 5.18. The number of carbonyl (C=O) groups is 1. The lowest BCUT2D eigenvalue weighted by Gasteiger charge is -1.97. The van der Waals surface area contributed by atoms with Crippen LogP contribution in [0, 0.1) is 0 Å². The number of esters is 1. The molecule has 1 aromatic rings. The Kier molecular flexibility index (Phi) is 2.59. The summed E-state index contributed by atoms with van der Waals surface area (Å²) in [6.45, 7) is 1.34. The molecule has 1 aromatic heterocycles. The molecule has 0 N–H and O–H groups in total. The van der Waals surface area contributed by atoms with Crippen LogP contribution in [0.3, 0.4) is 0 Å². The van der Waals surface area contributed by atoms with Crippen molar-refractivity contribution in [3.63, 3.8) is 0 Å². The SMILES string of the molecule is CC(=O)Oc1ccc(Br)cn1. The molecular weight excluding hydrogens is 210 g/mol. The maximum atomic E-state index is 10.4. The number of rotatable bonds is 1. The first-order valence-electron chi connectivity index (χ1n) is 2.98. The molecule has 0 aliphatic rings. The largest absolute Gasteiger partial charge is 0.408 e. The number of hydrogen-bond donors (Lipinski definition) is 0. The van der Waals surface area contributed by atoms with Gasteiger partial charge in [-0.1, -0.05) is 0 Å². The molecule has 0 radical (unpaired) electrons. The van der Waals surface area contributed by atoms with Gasteiger partial charge >= 0.3 is 5.97 Å². The highest BCUT2D eigenvalue weighted by Crippen LogP contribution is 2.11. The minimum Gasteiger partial charge on any atom is -0.408 e. The van der Waals surface area contributed by atoms with Gasteiger partial charge in [0.05, 0.1) is 0 Å². The van der Waals surface area contributed by atoms with Crippen molar-refractivity contribution in [2.24, 2.45) is 0 Å². The molecule has 58 valence electrons. The number of hydrogen-bond acceptors (Lipinski definition) is 3. The summed E-state index contributed by atoms with van der Waals surface area (Å²) in [4.78, 5) is 14.3. The molecule has 0 atom stereocenters. The van der Waals surface area contributed by atoms with Crippen molar-refractivity contribution in [1.82, 2.24) is 4.98 Å². The first-order valence-corrected chi connectivity index (χ1v) is 3.78. The fourth-order valence-electron chi connectivity index (χ4n) is 0.570. The number of nitrogens with zero attached hydrogens (tertiary/aromatic N) is 1. The van der Waals surface area contributed by atoms with E-state index in [9.17, 15) is 4.79 Å². The first kappa shape index (κ1) is 8.20. The summed E-state index contributed by atoms with van der Waals surface area (Å²) >= 11 is 3.21. The van der Waals surface area contributed by atoms with E-state index in [4.69, 9.17) is 4.74 Å². The maximum Gasteiger partial charge on any atom is 0.309 e. The molecule has 0 unspecified atom stereocenters. The van der Waals surface area contributed by atoms with Crippen LogP contribution in [0.15, 0.2) is 22.8 Å². The van der Waals surface area contributed by atoms with Crippen molar-refractivity contribution in [1.29, 1.82) is 0 Å². The lowest BCUT2D eigenvalue weighted by Crippen LogP contribution is -2.02. The van der Waals surface area contributed by atoms with Crippen molar-refractivity contribution in [3.05, 3.63) is 22.8 Å². The quantitative estimate of drug-likeness (QED) is 0.671. The molecule has 0 saturated heterocycles. The fraction of sp³-hybridized carbons (Fsp3) is 0.143. The second-order valence-electron chi connectivity index (χ2n) is 1.91. The van der Waals surface area contributed by atoms with E-state index < -0.39 is 0 Å². The molecule has 0 amide bonds. The standard InChI is InChI=1S/C7H6BrNO2/c1-5(10)11-7-3-2-6(8)4-9-7/h2-4H,1H3. The highest BCUT2D eigenvalue weighted by molar-refractivity contribution is 9.10. The molecule has 0 saturated carbocycles. The Morgan fingerprint density at radius 2 is 2.36 bits per heavy atom. The monoisotopic (exact) mass is 215 g/mol. The zero-order chi connectivity index (χ0) is 8.27. The molecule has 11 heavy (non-hydrogen) atoms. The minimum atomic E-state index is -0.361. The number of halogens is 1. The van der Waals surface area contributed by atoms with Crippen molar-refractivity contribution < 1.29 is 9.53 Å². The van der Waals surface area contributed by atoms with Crippen LogP contribution in [0.5, 0.6) is 5.88 Å². The molecule has 4 heteroatoms. The Labute approximate surface area is 72.5 Å². The molecular formula is C7H6BrNO2. The van der Waals surface area contributed by atoms with Crippen LogP contribution in [-0.2, 0) is 4.79 Å². The number of ether oxygens (including phenoxy) is 1. The highest BCUT2D eigenvalue weighted by atomic mass is 79.9. The Morgan fingerprint density at radius 1 is 1.64 bits per heavy atom. The van der Waals surface area contributed by atoms with Gasteiger partial charge in [0, 0.05) is 23.7 Å². The van der Waals surface area contributed by atoms with Gasteiger partial charge in [-0.3, -0.25) is 4.79 Å². The van der Waals surface area contributed by atoms with Gasteiger partial charge in [0.15, 0.2) is 0 Å². The van der Waals surface area contributed by atoms with Gasteiger partial charge in [-0.25, -0.2) is 4.98 Å². The predicted octanol–water partition coefficient (Wildman–Crippen LogP) is 1.77. The second-order valence-corrected chi connectivity index (χ2v) is 2.82. The summed E-state index contributed by atoms with van der Waals surface area (Å²) in [7, 11) is 0. The summed E-state index contributed by atoms with van der Waals surface area (Å²) < 4.78 is 5.55. The van der Waals surface area contributed by atoms with Gasteiger partial charge in [0.1, 0.15) is 0 Å². The molecule has 0 aliphatic heterocycles. The van der Waals surface area contributed by atoms with Crippen molar-refractivity contribution >= 4 is 21.9 Å². The normalized spacial score (nSPS) is 9.27. The van der Waals surface area contributed by atoms with Crippen LogP contribution in [-0.4, -0.2) is 11.0 Å². The smallest absolute Gasteiger partial charge is 0.309 e. The summed E-state index contributed by atoms with van der Waals surface area (Å²) in [5.74, 6) is -0.0412. The van der Waals surface area contributed by atoms with Crippen molar-refractivity contribution in [2.75, 3.05) is 0 Å². The van der Waals surface area contributed by atoms with E-state index in [2.05, 4.69) is 20.9 Å². The van der Waals surface area contributed by atoms with Gasteiger partial charge in [-0.05, 0) is 22.0 Å². The average Bonchev–Trinajstić information content (AvgIpc) is 1.93. The minimum absolute atomic E-state index is 0.320. The third-order valence-electron chi connectivity index (χ3n) is 0.949. The van der Waals surface area contributed by atoms with Crippen LogP contribution in [0.2, 0.25) is 0 Å². The van der Waals surface area contributed by atoms with E-state index in [1.54, 1.807) is 18.3 Å². The Hall–Kier alpha value is -0.900. The van der Waals surface area contributed by atoms with Crippen molar-refractivity contribution in [3.8, 4) is 5.88 Å². The molecule has 3 nitrogen and oxygen atoms in total. The van der Waals surface area contributed by atoms with Gasteiger partial charge in [-0.15, -0.1) is 0 Å². The maximum absolute atomic E-state index is 10.4. The number of pyridine rings is 1. The van der Waals surface area contributed by atoms with E-state index in [0.717, 1.165) is 4.47 Å². The molecule has 1 heterocycles. The van der Waals surface area contributed by atoms with Gasteiger partial charge in [0.25, 0.3) is 0 Å². The highest BCUT2D eigenvalue weighted by Gasteiger charge is 1.97. The molecule has 0 fully saturated rings. The van der Waals surface area contributed by atoms with Gasteiger partial charge in [0.2, 0.25) is 5.88 Å². The summed E-state index contributed by atoms with van der Waals surface area (Å²) in [5, 5.41) is 0. The Morgan fingerprint density at radius 3 is 2.82 bits per heavy atom. The lowest BCUT2D eigenvalue weighted by atomic mass is 10.5. The summed E-state index contributed by atoms with van der Waals surface area (Å²) in [6, 6.07) is 3.37. The van der Waals surface area contributed by atoms with Crippen molar-refractivity contribution in [2.45, 2.75) is 6.92 Å². The molecule has 0 spiro atoms. The van der Waals surface area contributed by atoms with Gasteiger partial charge < -0.3 is 4.74 Å². The van der Waals surface area contributed by atoms with E-state index in [0.29, 0.717) is 5.88 Å². The Bertz CT molecular complexity index is 258. The van der Waals surface area contributed by atoms with E-state index >= 15 is 0 Å². The zero-order valence-electron chi connectivity index (χ0n) is 5.87. The number of carbonyl (C=O) groups excluding carboxylic acids is 1. The fourth-order valence-corrected chi connectivity index (χ4v) is 0.804. The Balaban J connectivity index is 2.74. The van der Waals surface area contributed by atoms with E-state index in [1.165, 1.54) is 6.92 Å². The molecule has 0 aromatic carbocycles. The molecule has 0 bridgehead atoms. The third-order valence-corrected chi connectivity index (χ3v) is 1.42.